The minimum Gasteiger partial charge on any atom is -0.441 e. The van der Waals surface area contributed by atoms with Gasteiger partial charge in [0.15, 0.2) is 11.7 Å². The van der Waals surface area contributed by atoms with E-state index in [4.69, 9.17) is 4.42 Å². The number of aryl methyl sites for hydroxylation is 1. The summed E-state index contributed by atoms with van der Waals surface area (Å²) < 4.78 is 19.2. The first kappa shape index (κ1) is 14.8. The van der Waals surface area contributed by atoms with Crippen molar-refractivity contribution in [1.29, 1.82) is 0 Å². The van der Waals surface area contributed by atoms with Crippen LogP contribution in [0.4, 0.5) is 4.39 Å². The van der Waals surface area contributed by atoms with Crippen LogP contribution in [0.15, 0.2) is 34.9 Å². The number of aromatic nitrogens is 1. The molecule has 22 heavy (non-hydrogen) atoms. The SMILES string of the molecule is CC(NC(=O)CCc1ncc(-c2ccccc2F)o1)C1CC1. The van der Waals surface area contributed by atoms with Crippen LogP contribution in [-0.2, 0) is 11.2 Å². The molecule has 1 amide bonds. The van der Waals surface area contributed by atoms with E-state index in [-0.39, 0.29) is 17.8 Å². The molecule has 0 bridgehead atoms. The highest BCUT2D eigenvalue weighted by Crippen LogP contribution is 2.32. The predicted octanol–water partition coefficient (Wildman–Crippen LogP) is 3.33. The van der Waals surface area contributed by atoms with Gasteiger partial charge in [-0.05, 0) is 37.8 Å². The number of hydrogen-bond donors (Lipinski definition) is 1. The van der Waals surface area contributed by atoms with Gasteiger partial charge in [-0.1, -0.05) is 12.1 Å². The minimum atomic E-state index is -0.346. The van der Waals surface area contributed by atoms with Crippen LogP contribution in [0, 0.1) is 11.7 Å². The van der Waals surface area contributed by atoms with Crippen LogP contribution in [0.25, 0.3) is 11.3 Å². The highest BCUT2D eigenvalue weighted by molar-refractivity contribution is 5.76. The smallest absolute Gasteiger partial charge is 0.220 e. The Labute approximate surface area is 128 Å². The maximum absolute atomic E-state index is 13.7. The van der Waals surface area contributed by atoms with Gasteiger partial charge < -0.3 is 9.73 Å². The second-order valence-corrected chi connectivity index (χ2v) is 5.79. The third-order valence-electron chi connectivity index (χ3n) is 3.98. The van der Waals surface area contributed by atoms with Crippen molar-refractivity contribution >= 4 is 5.91 Å². The fraction of sp³-hybridized carbons (Fsp3) is 0.412. The number of oxazole rings is 1. The Kier molecular flexibility index (Phi) is 4.22. The van der Waals surface area contributed by atoms with E-state index in [0.29, 0.717) is 36.0 Å². The van der Waals surface area contributed by atoms with Gasteiger partial charge >= 0.3 is 0 Å². The molecular formula is C17H19FN2O2. The van der Waals surface area contributed by atoms with Crippen molar-refractivity contribution in [3.8, 4) is 11.3 Å². The second kappa shape index (κ2) is 6.30. The average Bonchev–Trinajstić information content (AvgIpc) is 3.25. The van der Waals surface area contributed by atoms with E-state index >= 15 is 0 Å². The summed E-state index contributed by atoms with van der Waals surface area (Å²) in [6, 6.07) is 6.63. The molecule has 1 atom stereocenters. The number of nitrogens with one attached hydrogen (secondary N) is 1. The van der Waals surface area contributed by atoms with Crippen molar-refractivity contribution in [1.82, 2.24) is 10.3 Å². The molecule has 1 unspecified atom stereocenters. The molecule has 1 aromatic heterocycles. The Bertz CT molecular complexity index is 664. The van der Waals surface area contributed by atoms with Gasteiger partial charge in [-0.2, -0.15) is 0 Å². The quantitative estimate of drug-likeness (QED) is 0.890. The molecule has 1 aromatic carbocycles. The number of carbonyl (C=O) groups is 1. The minimum absolute atomic E-state index is 0.00467. The van der Waals surface area contributed by atoms with Gasteiger partial charge in [0, 0.05) is 18.9 Å². The van der Waals surface area contributed by atoms with Gasteiger partial charge in [-0.25, -0.2) is 9.37 Å². The van der Waals surface area contributed by atoms with E-state index in [1.54, 1.807) is 18.2 Å². The first-order chi connectivity index (χ1) is 10.6. The second-order valence-electron chi connectivity index (χ2n) is 5.79. The third kappa shape index (κ3) is 3.53. The summed E-state index contributed by atoms with van der Waals surface area (Å²) in [4.78, 5) is 16.0. The number of nitrogens with zero attached hydrogens (tertiary/aromatic N) is 1. The highest BCUT2D eigenvalue weighted by atomic mass is 19.1. The lowest BCUT2D eigenvalue weighted by Crippen LogP contribution is -2.34. The van der Waals surface area contributed by atoms with Gasteiger partial charge in [-0.3, -0.25) is 4.79 Å². The molecule has 1 N–H and O–H groups in total. The Morgan fingerprint density at radius 3 is 2.95 bits per heavy atom. The first-order valence-corrected chi connectivity index (χ1v) is 7.62. The molecule has 1 fully saturated rings. The summed E-state index contributed by atoms with van der Waals surface area (Å²) in [5.41, 5.74) is 0.382. The Morgan fingerprint density at radius 2 is 2.23 bits per heavy atom. The van der Waals surface area contributed by atoms with E-state index in [0.717, 1.165) is 0 Å². The van der Waals surface area contributed by atoms with Crippen molar-refractivity contribution in [2.24, 2.45) is 5.92 Å². The van der Waals surface area contributed by atoms with Crippen molar-refractivity contribution in [3.63, 3.8) is 0 Å². The highest BCUT2D eigenvalue weighted by Gasteiger charge is 2.28. The Hall–Kier alpha value is -2.17. The number of amides is 1. The molecule has 2 aromatic rings. The molecule has 5 heteroatoms. The molecule has 4 nitrogen and oxygen atoms in total. The van der Waals surface area contributed by atoms with E-state index in [1.807, 2.05) is 6.92 Å². The van der Waals surface area contributed by atoms with E-state index < -0.39 is 0 Å². The molecule has 1 aliphatic rings. The average molecular weight is 302 g/mol. The van der Waals surface area contributed by atoms with Crippen LogP contribution in [0.3, 0.4) is 0 Å². The third-order valence-corrected chi connectivity index (χ3v) is 3.98. The van der Waals surface area contributed by atoms with Crippen LogP contribution in [0.5, 0.6) is 0 Å². The summed E-state index contributed by atoms with van der Waals surface area (Å²) in [5.74, 6) is 1.14. The Morgan fingerprint density at radius 1 is 1.45 bits per heavy atom. The molecule has 1 heterocycles. The van der Waals surface area contributed by atoms with E-state index in [2.05, 4.69) is 10.3 Å². The molecule has 0 radical (unpaired) electrons. The van der Waals surface area contributed by atoms with Crippen LogP contribution >= 0.6 is 0 Å². The molecule has 3 rings (SSSR count). The molecule has 1 aliphatic carbocycles. The zero-order chi connectivity index (χ0) is 15.5. The fourth-order valence-corrected chi connectivity index (χ4v) is 2.47. The van der Waals surface area contributed by atoms with Crippen LogP contribution in [-0.4, -0.2) is 16.9 Å². The normalized spacial score (nSPS) is 15.5. The number of halogens is 1. The predicted molar refractivity (Wildman–Crippen MR) is 80.5 cm³/mol. The molecule has 0 spiro atoms. The lowest BCUT2D eigenvalue weighted by Gasteiger charge is -2.11. The number of hydrogen-bond acceptors (Lipinski definition) is 3. The first-order valence-electron chi connectivity index (χ1n) is 7.62. The van der Waals surface area contributed by atoms with Gasteiger partial charge in [0.1, 0.15) is 5.82 Å². The molecule has 0 aliphatic heterocycles. The Balaban J connectivity index is 1.55. The standard InChI is InChI=1S/C17H19FN2O2/c1-11(12-6-7-12)20-16(21)8-9-17-19-10-15(22-17)13-4-2-3-5-14(13)18/h2-5,10-12H,6-9H2,1H3,(H,20,21). The molecular weight excluding hydrogens is 283 g/mol. The lowest BCUT2D eigenvalue weighted by atomic mass is 10.2. The van der Waals surface area contributed by atoms with Crippen LogP contribution in [0.2, 0.25) is 0 Å². The van der Waals surface area contributed by atoms with E-state index in [9.17, 15) is 9.18 Å². The van der Waals surface area contributed by atoms with Crippen molar-refractivity contribution < 1.29 is 13.6 Å². The van der Waals surface area contributed by atoms with Gasteiger partial charge in [-0.15, -0.1) is 0 Å². The number of carbonyl (C=O) groups excluding carboxylic acids is 1. The largest absolute Gasteiger partial charge is 0.441 e. The monoisotopic (exact) mass is 302 g/mol. The lowest BCUT2D eigenvalue weighted by molar-refractivity contribution is -0.121. The summed E-state index contributed by atoms with van der Waals surface area (Å²) in [5, 5.41) is 2.99. The van der Waals surface area contributed by atoms with Gasteiger partial charge in [0.05, 0.1) is 11.8 Å². The maximum atomic E-state index is 13.7. The molecule has 116 valence electrons. The maximum Gasteiger partial charge on any atom is 0.220 e. The molecule has 0 saturated heterocycles. The zero-order valence-electron chi connectivity index (χ0n) is 12.5. The summed E-state index contributed by atoms with van der Waals surface area (Å²) in [6.07, 6.45) is 4.64. The van der Waals surface area contributed by atoms with Crippen molar-refractivity contribution in [2.75, 3.05) is 0 Å². The number of benzene rings is 1. The molecule has 1 saturated carbocycles. The fourth-order valence-electron chi connectivity index (χ4n) is 2.47. The van der Waals surface area contributed by atoms with Crippen molar-refractivity contribution in [3.05, 3.63) is 42.2 Å². The number of rotatable bonds is 6. The van der Waals surface area contributed by atoms with Gasteiger partial charge in [0.25, 0.3) is 0 Å². The van der Waals surface area contributed by atoms with E-state index in [1.165, 1.54) is 25.1 Å². The van der Waals surface area contributed by atoms with Gasteiger partial charge in [0.2, 0.25) is 5.91 Å². The van der Waals surface area contributed by atoms with Crippen molar-refractivity contribution in [2.45, 2.75) is 38.6 Å². The summed E-state index contributed by atoms with van der Waals surface area (Å²) >= 11 is 0. The summed E-state index contributed by atoms with van der Waals surface area (Å²) in [7, 11) is 0. The zero-order valence-corrected chi connectivity index (χ0v) is 12.5. The summed E-state index contributed by atoms with van der Waals surface area (Å²) in [6.45, 7) is 2.04. The topological polar surface area (TPSA) is 55.1 Å². The van der Waals surface area contributed by atoms with Crippen LogP contribution < -0.4 is 5.32 Å². The van der Waals surface area contributed by atoms with Crippen LogP contribution in [0.1, 0.15) is 32.1 Å².